The summed E-state index contributed by atoms with van der Waals surface area (Å²) < 4.78 is 10.2. The van der Waals surface area contributed by atoms with Crippen molar-refractivity contribution in [2.45, 2.75) is 0 Å². The van der Waals surface area contributed by atoms with E-state index >= 15 is 0 Å². The minimum absolute atomic E-state index is 0.301. The normalized spacial score (nSPS) is 11.4. The van der Waals surface area contributed by atoms with Crippen molar-refractivity contribution < 1.29 is 18.8 Å². The highest BCUT2D eigenvalue weighted by Gasteiger charge is 2.15. The summed E-state index contributed by atoms with van der Waals surface area (Å²) in [6.07, 6.45) is 0. The Morgan fingerprint density at radius 2 is 1.18 bits per heavy atom. The van der Waals surface area contributed by atoms with Crippen LogP contribution in [0.15, 0.2) is 9.05 Å². The fourth-order valence-electron chi connectivity index (χ4n) is 1.61. The molecule has 0 spiro atoms. The fourth-order valence-corrected chi connectivity index (χ4v) is 1.61. The maximum atomic E-state index is 5.10. The molecule has 0 aromatic carbocycles. The van der Waals surface area contributed by atoms with Crippen LogP contribution in [0.25, 0.3) is 11.6 Å². The summed E-state index contributed by atoms with van der Waals surface area (Å²) in [5.41, 5.74) is 0. The van der Waals surface area contributed by atoms with Gasteiger partial charge in [-0.2, -0.15) is 9.97 Å². The van der Waals surface area contributed by atoms with Crippen LogP contribution < -0.4 is 20.4 Å². The molecule has 0 radical (unpaired) electrons. The van der Waals surface area contributed by atoms with Gasteiger partial charge in [-0.3, -0.25) is 0 Å². The van der Waals surface area contributed by atoms with Gasteiger partial charge in [0.1, 0.15) is 0 Å². The second kappa shape index (κ2) is 7.71. The van der Waals surface area contributed by atoms with E-state index in [4.69, 9.17) is 9.05 Å². The smallest absolute Gasteiger partial charge is 0.322 e. The molecule has 10 nitrogen and oxygen atoms in total. The number of hydrogen-bond acceptors (Lipinski definition) is 8. The van der Waals surface area contributed by atoms with Gasteiger partial charge in [0.05, 0.1) is 54.4 Å². The first-order chi connectivity index (χ1) is 10.5. The second-order valence-electron chi connectivity index (χ2n) is 5.61. The lowest BCUT2D eigenvalue weighted by molar-refractivity contribution is -0.856. The Bertz CT molecular complexity index is 515. The molecular weight excluding hydrogens is 288 g/mol. The number of nitrogens with one attached hydrogen (secondary N) is 4. The average Bonchev–Trinajstić information content (AvgIpc) is 3.06. The number of anilines is 2. The second-order valence-corrected chi connectivity index (χ2v) is 5.61. The van der Waals surface area contributed by atoms with E-state index in [9.17, 15) is 0 Å². The van der Waals surface area contributed by atoms with E-state index in [0.29, 0.717) is 23.7 Å². The summed E-state index contributed by atoms with van der Waals surface area (Å²) in [5, 5.41) is 13.8. The zero-order valence-electron chi connectivity index (χ0n) is 13.4. The Hall–Kier alpha value is -2.20. The number of quaternary nitrogens is 2. The summed E-state index contributed by atoms with van der Waals surface area (Å²) in [6.45, 7) is 3.38. The van der Waals surface area contributed by atoms with Gasteiger partial charge < -0.3 is 29.5 Å². The number of rotatable bonds is 9. The highest BCUT2D eigenvalue weighted by molar-refractivity contribution is 5.45. The molecule has 0 aliphatic carbocycles. The van der Waals surface area contributed by atoms with Gasteiger partial charge in [0, 0.05) is 0 Å². The third-order valence-electron chi connectivity index (χ3n) is 2.85. The third-order valence-corrected chi connectivity index (χ3v) is 2.85. The maximum Gasteiger partial charge on any atom is 0.322 e. The molecule has 4 N–H and O–H groups in total. The van der Waals surface area contributed by atoms with Crippen LogP contribution in [0.1, 0.15) is 0 Å². The zero-order chi connectivity index (χ0) is 15.9. The van der Waals surface area contributed by atoms with Gasteiger partial charge in [-0.05, 0) is 0 Å². The molecule has 0 unspecified atom stereocenters. The number of nitrogens with zero attached hydrogens (tertiary/aromatic N) is 4. The molecule has 22 heavy (non-hydrogen) atoms. The van der Waals surface area contributed by atoms with E-state index in [1.165, 1.54) is 9.80 Å². The summed E-state index contributed by atoms with van der Waals surface area (Å²) in [5.74, 6) is 0.601. The quantitative estimate of drug-likeness (QED) is 0.394. The molecular formula is C12H24N8O2+2. The largest absolute Gasteiger partial charge is 0.338 e. The Kier molecular flexibility index (Phi) is 5.67. The first-order valence-corrected chi connectivity index (χ1v) is 7.28. The lowest BCUT2D eigenvalue weighted by atomic mass is 10.5. The topological polar surface area (TPSA) is 111 Å². The van der Waals surface area contributed by atoms with E-state index in [1.54, 1.807) is 0 Å². The number of hydrogen-bond donors (Lipinski definition) is 4. The lowest BCUT2D eigenvalue weighted by Gasteiger charge is -2.05. The van der Waals surface area contributed by atoms with Crippen molar-refractivity contribution in [1.29, 1.82) is 0 Å². The summed E-state index contributed by atoms with van der Waals surface area (Å²) in [7, 11) is 8.30. The standard InChI is InChI=1S/C12H22N8O2/c1-19(2)7-5-13-11-15-9(17-21-11)10-16-12(22-18-10)14-6-8-20(3)4/h5-8H2,1-4H3,(H,13,15,17)(H,14,16,18)/p+2. The molecule has 2 aromatic heterocycles. The SMILES string of the molecule is C[NH+](C)CCNc1nc(-c2noc(NCC[NH+](C)C)n2)no1. The molecule has 0 aliphatic rings. The van der Waals surface area contributed by atoms with Gasteiger partial charge in [0.15, 0.2) is 0 Å². The van der Waals surface area contributed by atoms with Gasteiger partial charge in [0.25, 0.3) is 0 Å². The van der Waals surface area contributed by atoms with Crippen LogP contribution in [0.5, 0.6) is 0 Å². The molecule has 0 aliphatic heterocycles. The van der Waals surface area contributed by atoms with E-state index < -0.39 is 0 Å². The highest BCUT2D eigenvalue weighted by Crippen LogP contribution is 2.15. The molecule has 0 atom stereocenters. The molecule has 0 amide bonds. The first-order valence-electron chi connectivity index (χ1n) is 7.28. The van der Waals surface area contributed by atoms with Crippen LogP contribution in [0.2, 0.25) is 0 Å². The van der Waals surface area contributed by atoms with Crippen LogP contribution in [-0.4, -0.2) is 74.7 Å². The maximum absolute atomic E-state index is 5.10. The van der Waals surface area contributed by atoms with Gasteiger partial charge in [-0.1, -0.05) is 10.3 Å². The van der Waals surface area contributed by atoms with Crippen molar-refractivity contribution in [2.75, 3.05) is 65.0 Å². The predicted molar refractivity (Wildman–Crippen MR) is 79.9 cm³/mol. The molecule has 2 heterocycles. The first kappa shape index (κ1) is 16.2. The summed E-state index contributed by atoms with van der Waals surface area (Å²) in [4.78, 5) is 11.0. The van der Waals surface area contributed by atoms with Gasteiger partial charge in [0.2, 0.25) is 11.6 Å². The lowest BCUT2D eigenvalue weighted by Crippen LogP contribution is -3.06. The van der Waals surface area contributed by atoms with Crippen LogP contribution >= 0.6 is 0 Å². The van der Waals surface area contributed by atoms with Crippen molar-refractivity contribution >= 4 is 12.0 Å². The Labute approximate surface area is 128 Å². The Morgan fingerprint density at radius 3 is 1.55 bits per heavy atom. The van der Waals surface area contributed by atoms with Crippen molar-refractivity contribution in [3.8, 4) is 11.6 Å². The van der Waals surface area contributed by atoms with Crippen molar-refractivity contribution in [1.82, 2.24) is 20.3 Å². The molecule has 2 aromatic rings. The predicted octanol–water partition coefficient (Wildman–Crippen LogP) is -2.77. The van der Waals surface area contributed by atoms with Crippen LogP contribution in [-0.2, 0) is 0 Å². The van der Waals surface area contributed by atoms with Gasteiger partial charge in [-0.15, -0.1) is 0 Å². The Morgan fingerprint density at radius 1 is 0.773 bits per heavy atom. The van der Waals surface area contributed by atoms with Crippen LogP contribution in [0.4, 0.5) is 12.0 Å². The van der Waals surface area contributed by atoms with Crippen LogP contribution in [0, 0.1) is 0 Å². The average molecular weight is 312 g/mol. The van der Waals surface area contributed by atoms with Crippen molar-refractivity contribution in [2.24, 2.45) is 0 Å². The molecule has 0 saturated carbocycles. The molecule has 2 rings (SSSR count). The third kappa shape index (κ3) is 4.97. The zero-order valence-corrected chi connectivity index (χ0v) is 13.4. The molecule has 122 valence electrons. The van der Waals surface area contributed by atoms with Crippen molar-refractivity contribution in [3.63, 3.8) is 0 Å². The Balaban J connectivity index is 1.86. The number of aromatic nitrogens is 4. The van der Waals surface area contributed by atoms with Crippen molar-refractivity contribution in [3.05, 3.63) is 0 Å². The van der Waals surface area contributed by atoms with Gasteiger partial charge in [-0.25, -0.2) is 0 Å². The summed E-state index contributed by atoms with van der Waals surface area (Å²) in [6, 6.07) is 0.707. The summed E-state index contributed by atoms with van der Waals surface area (Å²) >= 11 is 0. The van der Waals surface area contributed by atoms with E-state index in [1.807, 2.05) is 0 Å². The highest BCUT2D eigenvalue weighted by atomic mass is 16.5. The van der Waals surface area contributed by atoms with Gasteiger partial charge >= 0.3 is 12.0 Å². The van der Waals surface area contributed by atoms with E-state index in [-0.39, 0.29) is 0 Å². The van der Waals surface area contributed by atoms with E-state index in [2.05, 4.69) is 59.1 Å². The monoisotopic (exact) mass is 312 g/mol. The molecule has 0 fully saturated rings. The number of likely N-dealkylation sites (N-methyl/N-ethyl adjacent to an activating group) is 2. The van der Waals surface area contributed by atoms with Crippen LogP contribution in [0.3, 0.4) is 0 Å². The molecule has 10 heteroatoms. The minimum Gasteiger partial charge on any atom is -0.338 e. The van der Waals surface area contributed by atoms with E-state index in [0.717, 1.165) is 26.2 Å². The molecule has 0 bridgehead atoms. The fraction of sp³-hybridized carbons (Fsp3) is 0.667. The minimum atomic E-state index is 0.301. The molecule has 0 saturated heterocycles.